The summed E-state index contributed by atoms with van der Waals surface area (Å²) in [6.45, 7) is 4.13. The van der Waals surface area contributed by atoms with E-state index in [1.165, 1.54) is 0 Å². The van der Waals surface area contributed by atoms with E-state index in [4.69, 9.17) is 20.7 Å². The largest absolute Gasteiger partial charge is 0.436 e. The summed E-state index contributed by atoms with van der Waals surface area (Å²) in [5, 5.41) is 0. The highest BCUT2D eigenvalue weighted by atomic mass is 35.7. The van der Waals surface area contributed by atoms with Gasteiger partial charge in [-0.25, -0.2) is 0 Å². The average molecular weight is 219 g/mol. The minimum atomic E-state index is -1.85. The maximum Gasteiger partial charge on any atom is 0.335 e. The van der Waals surface area contributed by atoms with E-state index in [-0.39, 0.29) is 0 Å². The van der Waals surface area contributed by atoms with Gasteiger partial charge in [-0.2, -0.15) is 0 Å². The number of hydrogen-bond donors (Lipinski definition) is 1. The molecule has 1 atom stereocenters. The van der Waals surface area contributed by atoms with Crippen LogP contribution in [0.1, 0.15) is 25.3 Å². The lowest BCUT2D eigenvalue weighted by atomic mass is 10.0. The van der Waals surface area contributed by atoms with Gasteiger partial charge in [0.2, 0.25) is 0 Å². The third kappa shape index (κ3) is 3.15. The first-order valence-corrected chi connectivity index (χ1v) is 6.14. The van der Waals surface area contributed by atoms with Crippen LogP contribution in [-0.4, -0.2) is 4.89 Å². The number of benzene rings is 1. The van der Waals surface area contributed by atoms with Gasteiger partial charge in [-0.1, -0.05) is 32.0 Å². The third-order valence-electron chi connectivity index (χ3n) is 1.71. The predicted molar refractivity (Wildman–Crippen MR) is 56.2 cm³/mol. The van der Waals surface area contributed by atoms with Gasteiger partial charge in [0.1, 0.15) is 5.75 Å². The Bertz CT molecular complexity index is 276. The first-order valence-electron chi connectivity index (χ1n) is 4.03. The summed E-state index contributed by atoms with van der Waals surface area (Å²) in [5.41, 5.74) is 1.06. The molecule has 0 aliphatic carbocycles. The van der Waals surface area contributed by atoms with Crippen molar-refractivity contribution in [3.8, 4) is 5.75 Å². The summed E-state index contributed by atoms with van der Waals surface area (Å²) in [5.74, 6) is 1.03. The van der Waals surface area contributed by atoms with Crippen LogP contribution in [-0.2, 0) is 0 Å². The SMILES string of the molecule is CC(C)c1ccccc1OP(O)Cl. The topological polar surface area (TPSA) is 29.5 Å². The second-order valence-electron chi connectivity index (χ2n) is 3.01. The Balaban J connectivity index is 2.91. The monoisotopic (exact) mass is 218 g/mol. The normalized spacial score (nSPS) is 13.0. The Kier molecular flexibility index (Phi) is 3.98. The highest BCUT2D eigenvalue weighted by Gasteiger charge is 2.09. The molecule has 72 valence electrons. The number of para-hydroxylation sites is 1. The van der Waals surface area contributed by atoms with E-state index >= 15 is 0 Å². The van der Waals surface area contributed by atoms with Gasteiger partial charge < -0.3 is 9.42 Å². The van der Waals surface area contributed by atoms with E-state index in [9.17, 15) is 0 Å². The average Bonchev–Trinajstić information content (AvgIpc) is 2.03. The fourth-order valence-corrected chi connectivity index (χ4v) is 1.67. The zero-order chi connectivity index (χ0) is 9.84. The molecule has 0 radical (unpaired) electrons. The summed E-state index contributed by atoms with van der Waals surface area (Å²) in [7, 11) is -1.85. The van der Waals surface area contributed by atoms with Crippen LogP contribution < -0.4 is 4.52 Å². The van der Waals surface area contributed by atoms with E-state index in [0.717, 1.165) is 5.56 Å². The van der Waals surface area contributed by atoms with E-state index in [2.05, 4.69) is 13.8 Å². The molecule has 1 unspecified atom stereocenters. The Morgan fingerprint density at radius 3 is 2.54 bits per heavy atom. The molecule has 0 spiro atoms. The third-order valence-corrected chi connectivity index (χ3v) is 2.27. The molecule has 13 heavy (non-hydrogen) atoms. The van der Waals surface area contributed by atoms with Crippen LogP contribution in [0.25, 0.3) is 0 Å². The summed E-state index contributed by atoms with van der Waals surface area (Å²) in [6, 6.07) is 7.58. The Labute approximate surface area is 84.2 Å². The van der Waals surface area contributed by atoms with Crippen LogP contribution in [0, 0.1) is 0 Å². The van der Waals surface area contributed by atoms with Gasteiger partial charge >= 0.3 is 7.73 Å². The second kappa shape index (κ2) is 4.80. The van der Waals surface area contributed by atoms with Crippen LogP contribution in [0.5, 0.6) is 5.75 Å². The highest BCUT2D eigenvalue weighted by Crippen LogP contribution is 2.41. The van der Waals surface area contributed by atoms with E-state index in [0.29, 0.717) is 11.7 Å². The smallest absolute Gasteiger partial charge is 0.335 e. The fourth-order valence-electron chi connectivity index (χ4n) is 1.12. The first kappa shape index (κ1) is 10.8. The van der Waals surface area contributed by atoms with Crippen LogP contribution >= 0.6 is 19.0 Å². The number of hydrogen-bond acceptors (Lipinski definition) is 2. The lowest BCUT2D eigenvalue weighted by Gasteiger charge is -2.12. The molecule has 0 heterocycles. The summed E-state index contributed by atoms with van der Waals surface area (Å²) in [4.78, 5) is 8.92. The number of halogens is 1. The summed E-state index contributed by atoms with van der Waals surface area (Å²) in [6.07, 6.45) is 0. The Hall–Kier alpha value is -0.300. The molecule has 1 aromatic rings. The van der Waals surface area contributed by atoms with Crippen LogP contribution in [0.2, 0.25) is 0 Å². The molecule has 0 aliphatic rings. The van der Waals surface area contributed by atoms with Gasteiger partial charge in [-0.05, 0) is 28.8 Å². The lowest BCUT2D eigenvalue weighted by Crippen LogP contribution is -1.92. The van der Waals surface area contributed by atoms with Crippen molar-refractivity contribution in [2.45, 2.75) is 19.8 Å². The van der Waals surface area contributed by atoms with Gasteiger partial charge in [0.15, 0.2) is 0 Å². The lowest BCUT2D eigenvalue weighted by molar-refractivity contribution is 0.500. The molecule has 4 heteroatoms. The van der Waals surface area contributed by atoms with Gasteiger partial charge in [-0.15, -0.1) is 0 Å². The van der Waals surface area contributed by atoms with E-state index in [1.54, 1.807) is 0 Å². The van der Waals surface area contributed by atoms with Gasteiger partial charge in [0, 0.05) is 0 Å². The van der Waals surface area contributed by atoms with Crippen molar-refractivity contribution in [1.29, 1.82) is 0 Å². The molecule has 0 bridgehead atoms. The van der Waals surface area contributed by atoms with E-state index in [1.807, 2.05) is 24.3 Å². The predicted octanol–water partition coefficient (Wildman–Crippen LogP) is 3.65. The van der Waals surface area contributed by atoms with Crippen molar-refractivity contribution >= 4 is 19.0 Å². The van der Waals surface area contributed by atoms with E-state index < -0.39 is 7.73 Å². The molecule has 1 rings (SSSR count). The minimum absolute atomic E-state index is 0.364. The zero-order valence-corrected chi connectivity index (χ0v) is 9.22. The van der Waals surface area contributed by atoms with Gasteiger partial charge in [0.25, 0.3) is 0 Å². The minimum Gasteiger partial charge on any atom is -0.436 e. The van der Waals surface area contributed by atoms with Crippen molar-refractivity contribution in [3.05, 3.63) is 29.8 Å². The molecule has 2 nitrogen and oxygen atoms in total. The quantitative estimate of drug-likeness (QED) is 0.785. The van der Waals surface area contributed by atoms with Crippen LogP contribution in [0.4, 0.5) is 0 Å². The Morgan fingerprint density at radius 1 is 1.38 bits per heavy atom. The van der Waals surface area contributed by atoms with Crippen molar-refractivity contribution in [2.24, 2.45) is 0 Å². The maximum atomic E-state index is 8.92. The molecule has 0 saturated carbocycles. The Morgan fingerprint density at radius 2 is 2.00 bits per heavy atom. The van der Waals surface area contributed by atoms with Gasteiger partial charge in [0.05, 0.1) is 0 Å². The molecule has 0 aliphatic heterocycles. The van der Waals surface area contributed by atoms with Crippen molar-refractivity contribution in [1.82, 2.24) is 0 Å². The van der Waals surface area contributed by atoms with Gasteiger partial charge in [-0.3, -0.25) is 0 Å². The molecule has 1 N–H and O–H groups in total. The number of rotatable bonds is 3. The first-order chi connectivity index (χ1) is 6.11. The molecule has 1 aromatic carbocycles. The second-order valence-corrected chi connectivity index (χ2v) is 4.51. The standard InChI is InChI=1S/C9H12ClO2P/c1-7(2)8-5-3-4-6-9(8)12-13(10)11/h3-7,11H,1-2H3. The van der Waals surface area contributed by atoms with Crippen LogP contribution in [0.15, 0.2) is 24.3 Å². The fraction of sp³-hybridized carbons (Fsp3) is 0.333. The zero-order valence-electron chi connectivity index (χ0n) is 7.57. The molecular weight excluding hydrogens is 207 g/mol. The maximum absolute atomic E-state index is 8.92. The highest BCUT2D eigenvalue weighted by molar-refractivity contribution is 7.75. The molecule has 0 fully saturated rings. The molecule has 0 aromatic heterocycles. The van der Waals surface area contributed by atoms with Crippen molar-refractivity contribution in [2.75, 3.05) is 0 Å². The van der Waals surface area contributed by atoms with Crippen molar-refractivity contribution < 1.29 is 9.42 Å². The van der Waals surface area contributed by atoms with Crippen LogP contribution in [0.3, 0.4) is 0 Å². The summed E-state index contributed by atoms with van der Waals surface area (Å²) >= 11 is 5.39. The molecular formula is C9H12ClO2P. The molecule has 0 saturated heterocycles. The summed E-state index contributed by atoms with van der Waals surface area (Å²) < 4.78 is 5.09. The molecule has 0 amide bonds. The van der Waals surface area contributed by atoms with Crippen molar-refractivity contribution in [3.63, 3.8) is 0 Å².